The molecule has 5 heterocycles. The second-order valence-electron chi connectivity index (χ2n) is 10.3. The number of fused-ring (bicyclic) bond motifs is 20. The summed E-state index contributed by atoms with van der Waals surface area (Å²) in [5, 5.41) is 3.08. The molecule has 2 aliphatic rings. The monoisotopic (exact) mass is 613 g/mol. The molecule has 0 atom stereocenters. The number of nitrogens with one attached hydrogen (secondary N) is 2. The van der Waals surface area contributed by atoms with Crippen molar-refractivity contribution in [1.82, 2.24) is 39.9 Å². The van der Waals surface area contributed by atoms with E-state index in [1.54, 1.807) is 12.1 Å². The van der Waals surface area contributed by atoms with E-state index in [4.69, 9.17) is 34.6 Å². The maximum absolute atomic E-state index is 12.0. The zero-order valence-corrected chi connectivity index (χ0v) is 23.6. The molecule has 2 N–H and O–H groups in total. The quantitative estimate of drug-likeness (QED) is 0.191. The van der Waals surface area contributed by atoms with Crippen LogP contribution >= 0.6 is 0 Å². The molecule has 4 aromatic carbocycles. The zero-order chi connectivity index (χ0) is 29.4. The fraction of sp³-hybridized carbons (Fsp3) is 0. The van der Waals surface area contributed by atoms with Crippen molar-refractivity contribution in [3.8, 4) is 51.3 Å². The Morgan fingerprint density at radius 1 is 0.500 bits per heavy atom. The topological polar surface area (TPSA) is 135 Å². The van der Waals surface area contributed by atoms with Gasteiger partial charge in [-0.25, -0.2) is 0 Å². The Labute approximate surface area is 256 Å². The summed E-state index contributed by atoms with van der Waals surface area (Å²) in [5.74, 6) is 2.28. The van der Waals surface area contributed by atoms with Crippen molar-refractivity contribution < 1.29 is 25.5 Å². The summed E-state index contributed by atoms with van der Waals surface area (Å²) < 4.78 is 5.51. The molecule has 8 bridgehead atoms. The summed E-state index contributed by atoms with van der Waals surface area (Å²) >= 11 is 3.40. The van der Waals surface area contributed by atoms with Gasteiger partial charge in [0.2, 0.25) is 0 Å². The van der Waals surface area contributed by atoms with Crippen LogP contribution in [0.2, 0.25) is 0 Å². The third kappa shape index (κ3) is 3.77. The van der Waals surface area contributed by atoms with Crippen molar-refractivity contribution in [1.29, 1.82) is 0 Å². The van der Waals surface area contributed by atoms with Crippen molar-refractivity contribution in [2.45, 2.75) is 0 Å². The third-order valence-corrected chi connectivity index (χ3v) is 7.84. The fourth-order valence-electron chi connectivity index (χ4n) is 5.83. The van der Waals surface area contributed by atoms with Gasteiger partial charge in [-0.15, -0.1) is 0 Å². The molecule has 0 saturated carbocycles. The van der Waals surface area contributed by atoms with Crippen LogP contribution in [0.4, 0.5) is 4.79 Å². The van der Waals surface area contributed by atoms with Crippen molar-refractivity contribution in [3.05, 3.63) is 91.0 Å². The van der Waals surface area contributed by atoms with Crippen LogP contribution in [0.3, 0.4) is 0 Å². The van der Waals surface area contributed by atoms with E-state index in [1.165, 1.54) is 0 Å². The normalized spacial score (nSPS) is 11.8. The fourth-order valence-corrected chi connectivity index (χ4v) is 5.95. The summed E-state index contributed by atoms with van der Waals surface area (Å²) in [5.41, 5.74) is 5.53. The number of carbonyl (C=O) groups is 1. The molecule has 0 unspecified atom stereocenters. The molecule has 44 heavy (non-hydrogen) atoms. The van der Waals surface area contributed by atoms with Crippen LogP contribution < -0.4 is 4.74 Å². The Hall–Kier alpha value is -5.77. The molecule has 11 heteroatoms. The van der Waals surface area contributed by atoms with E-state index in [2.05, 4.69) is 26.0 Å². The van der Waals surface area contributed by atoms with Gasteiger partial charge in [-0.2, -0.15) is 0 Å². The van der Waals surface area contributed by atoms with E-state index < -0.39 is 4.87 Å². The van der Waals surface area contributed by atoms with Crippen molar-refractivity contribution in [3.63, 3.8) is 0 Å². The molecule has 7 aromatic rings. The van der Waals surface area contributed by atoms with Crippen molar-refractivity contribution in [2.75, 3.05) is 0 Å². The predicted molar refractivity (Wildman–Crippen MR) is 162 cm³/mol. The summed E-state index contributed by atoms with van der Waals surface area (Å²) in [6.45, 7) is 0. The van der Waals surface area contributed by atoms with Gasteiger partial charge in [0, 0.05) is 5.39 Å². The van der Waals surface area contributed by atoms with Crippen LogP contribution in [0.15, 0.2) is 91.0 Å². The molecule has 0 radical (unpaired) electrons. The Bertz CT molecular complexity index is 2530. The Balaban J connectivity index is 1.50. The maximum atomic E-state index is 12.0. The number of aromatic amines is 2. The predicted octanol–water partition coefficient (Wildman–Crippen LogP) is 6.91. The van der Waals surface area contributed by atoms with Gasteiger partial charge in [-0.3, -0.25) is 0 Å². The molecule has 209 valence electrons. The minimum atomic E-state index is -0.688. The minimum absolute atomic E-state index is 0.304. The number of H-pyrrole nitrogens is 2. The second kappa shape index (κ2) is 9.37. The number of ether oxygens (including phenoxy) is 1. The summed E-state index contributed by atoms with van der Waals surface area (Å²) in [6.07, 6.45) is 0. The van der Waals surface area contributed by atoms with E-state index in [9.17, 15) is 4.79 Å². The second-order valence-corrected chi connectivity index (χ2v) is 10.7. The summed E-state index contributed by atoms with van der Waals surface area (Å²) in [7, 11) is 0. The van der Waals surface area contributed by atoms with Gasteiger partial charge in [0.15, 0.2) is 0 Å². The average molecular weight is 613 g/mol. The van der Waals surface area contributed by atoms with E-state index >= 15 is 0 Å². The molecule has 10 nitrogen and oxygen atoms in total. The SMILES string of the molecule is O=[C]([Fe])Oc1cccc2c3nc4nc(nc5[nH]c(nc6nc(nc([nH]3)c12)-c1ccccc1-6)c1ccccc51)-c1ccccc1-4. The molecular formula is C33H17FeN8O2. The molecule has 0 amide bonds. The Morgan fingerprint density at radius 2 is 0.909 bits per heavy atom. The van der Waals surface area contributed by atoms with Gasteiger partial charge in [0.05, 0.1) is 0 Å². The van der Waals surface area contributed by atoms with E-state index in [1.807, 2.05) is 78.9 Å². The van der Waals surface area contributed by atoms with E-state index in [-0.39, 0.29) is 0 Å². The number of carbonyl (C=O) groups excluding carboxylic acids is 1. The first-order valence-corrected chi connectivity index (χ1v) is 14.3. The average Bonchev–Trinajstić information content (AvgIpc) is 3.77. The summed E-state index contributed by atoms with van der Waals surface area (Å²) in [6, 6.07) is 29.0. The number of benzene rings is 4. The molecule has 2 aliphatic heterocycles. The van der Waals surface area contributed by atoms with Gasteiger partial charge in [-0.05, 0) is 0 Å². The molecule has 9 rings (SSSR count). The van der Waals surface area contributed by atoms with Crippen LogP contribution in [-0.2, 0) is 16.0 Å². The van der Waals surface area contributed by atoms with Crippen molar-refractivity contribution >= 4 is 49.0 Å². The van der Waals surface area contributed by atoms with Gasteiger partial charge in [0.25, 0.3) is 0 Å². The van der Waals surface area contributed by atoms with E-state index in [0.29, 0.717) is 62.4 Å². The zero-order valence-electron chi connectivity index (χ0n) is 22.5. The summed E-state index contributed by atoms with van der Waals surface area (Å²) in [4.78, 5) is 47.7. The van der Waals surface area contributed by atoms with Gasteiger partial charge in [0.1, 0.15) is 0 Å². The van der Waals surface area contributed by atoms with Gasteiger partial charge < -0.3 is 0 Å². The van der Waals surface area contributed by atoms with Crippen LogP contribution in [0.1, 0.15) is 0 Å². The molecule has 0 aliphatic carbocycles. The number of hydrogen-bond acceptors (Lipinski definition) is 8. The number of hydrogen-bond donors (Lipinski definition) is 2. The van der Waals surface area contributed by atoms with Gasteiger partial charge >= 0.3 is 227 Å². The molecule has 0 saturated heterocycles. The number of nitrogens with zero attached hydrogens (tertiary/aromatic N) is 6. The standard InChI is InChI=1S/C33H17N8O2.Fe/c42-16-43-24-15-7-14-23-25(24)33-40-31-22-13-6-5-12-21(22)29(38-31)36-27-18-9-2-1-8-17(18)26(34-27)35-28-19-10-3-4-11-20(19)30(37-28)39-32(23)41-33;/h1-15H,(H2,34,35,36,37,38,39,40,41);. The van der Waals surface area contributed by atoms with Crippen molar-refractivity contribution in [2.24, 2.45) is 0 Å². The van der Waals surface area contributed by atoms with Gasteiger partial charge in [-0.1, -0.05) is 24.3 Å². The van der Waals surface area contributed by atoms with Crippen LogP contribution in [-0.4, -0.2) is 44.7 Å². The molecule has 0 fully saturated rings. The number of rotatable bonds is 1. The van der Waals surface area contributed by atoms with Crippen LogP contribution in [0, 0.1) is 0 Å². The van der Waals surface area contributed by atoms with Crippen LogP contribution in [0.5, 0.6) is 5.75 Å². The number of aromatic nitrogens is 8. The Kier molecular flexibility index (Phi) is 5.28. The first kappa shape index (κ1) is 24.8. The molecule has 0 spiro atoms. The van der Waals surface area contributed by atoms with E-state index in [0.717, 1.165) is 33.0 Å². The molecule has 3 aromatic heterocycles. The van der Waals surface area contributed by atoms with Crippen LogP contribution in [0.25, 0.3) is 89.7 Å². The third-order valence-electron chi connectivity index (χ3n) is 7.73. The first-order valence-electron chi connectivity index (χ1n) is 13.7. The first-order chi connectivity index (χ1) is 21.6. The Morgan fingerprint density at radius 3 is 1.41 bits per heavy atom. The molecular weight excluding hydrogens is 596 g/mol.